The molecule has 1 heterocycles. The molecule has 0 unspecified atom stereocenters. The monoisotopic (exact) mass is 474 g/mol. The lowest BCUT2D eigenvalue weighted by Crippen LogP contribution is -2.20. The van der Waals surface area contributed by atoms with Crippen molar-refractivity contribution in [1.82, 2.24) is 9.78 Å². The topological polar surface area (TPSA) is 51.1 Å². The van der Waals surface area contributed by atoms with Crippen LogP contribution in [-0.2, 0) is 6.54 Å². The lowest BCUT2D eigenvalue weighted by molar-refractivity contribution is -0.0493. The first-order valence-corrected chi connectivity index (χ1v) is 9.68. The van der Waals surface area contributed by atoms with E-state index in [1.54, 1.807) is 25.1 Å². The highest BCUT2D eigenvalue weighted by molar-refractivity contribution is 7.80. The van der Waals surface area contributed by atoms with Gasteiger partial charge in [-0.05, 0) is 49.0 Å². The molecule has 5 nitrogen and oxygen atoms in total. The van der Waals surface area contributed by atoms with Crippen molar-refractivity contribution in [3.63, 3.8) is 0 Å². The number of hydrogen-bond donors (Lipinski definition) is 2. The van der Waals surface area contributed by atoms with Crippen LogP contribution in [0.2, 0.25) is 10.0 Å². The molecule has 0 fully saturated rings. The Bertz CT molecular complexity index is 1060. The number of hydrogen-bond acceptors (Lipinski definition) is 3. The second kappa shape index (κ2) is 9.55. The normalized spacial score (nSPS) is 10.9. The second-order valence-electron chi connectivity index (χ2n) is 6.18. The Morgan fingerprint density at radius 3 is 2.67 bits per heavy atom. The zero-order valence-electron chi connectivity index (χ0n) is 15.4. The van der Waals surface area contributed by atoms with Crippen molar-refractivity contribution >= 4 is 52.0 Å². The van der Waals surface area contributed by atoms with E-state index in [0.29, 0.717) is 0 Å². The molecule has 0 bridgehead atoms. The highest BCUT2D eigenvalue weighted by atomic mass is 35.5. The molecule has 0 saturated heterocycles. The molecule has 0 atom stereocenters. The maximum Gasteiger partial charge on any atom is 0.387 e. The van der Waals surface area contributed by atoms with E-state index < -0.39 is 12.4 Å². The van der Waals surface area contributed by atoms with Gasteiger partial charge in [0.05, 0.1) is 12.2 Å². The second-order valence-corrected chi connectivity index (χ2v) is 7.40. The van der Waals surface area contributed by atoms with Crippen LogP contribution in [0.4, 0.5) is 24.7 Å². The molecule has 0 spiro atoms. The number of nitrogens with one attached hydrogen (secondary N) is 2. The Morgan fingerprint density at radius 2 is 1.97 bits per heavy atom. The van der Waals surface area contributed by atoms with E-state index in [1.165, 1.54) is 29.1 Å². The number of aryl methyl sites for hydroxylation is 1. The van der Waals surface area contributed by atoms with E-state index in [-0.39, 0.29) is 44.5 Å². The first-order valence-electron chi connectivity index (χ1n) is 8.52. The Balaban J connectivity index is 1.72. The van der Waals surface area contributed by atoms with Crippen LogP contribution in [0.5, 0.6) is 5.75 Å². The lowest BCUT2D eigenvalue weighted by atomic mass is 10.2. The standard InChI is InChI=1S/C19H15Cl2F3N4OS/c1-10-5-6-15(16(7-10)29-18(23)24)25-19(30)26-17-13(21)9-28(27-17)8-11-12(20)3-2-4-14(11)22/h2-7,9,18H,8H2,1H3,(H2,25,26,27,30). The van der Waals surface area contributed by atoms with Gasteiger partial charge < -0.3 is 15.4 Å². The quantitative estimate of drug-likeness (QED) is 0.423. The number of ether oxygens (including phenoxy) is 1. The summed E-state index contributed by atoms with van der Waals surface area (Å²) in [5, 5.41) is 10.3. The van der Waals surface area contributed by atoms with Crippen molar-refractivity contribution in [3.05, 3.63) is 69.6 Å². The molecule has 0 radical (unpaired) electrons. The third kappa shape index (κ3) is 5.56. The third-order valence-corrected chi connectivity index (χ3v) is 4.77. The molecule has 30 heavy (non-hydrogen) atoms. The summed E-state index contributed by atoms with van der Waals surface area (Å²) in [7, 11) is 0. The van der Waals surface area contributed by atoms with Gasteiger partial charge in [-0.25, -0.2) is 4.39 Å². The lowest BCUT2D eigenvalue weighted by Gasteiger charge is -2.14. The highest BCUT2D eigenvalue weighted by Crippen LogP contribution is 2.28. The summed E-state index contributed by atoms with van der Waals surface area (Å²) < 4.78 is 45.2. The van der Waals surface area contributed by atoms with Gasteiger partial charge >= 0.3 is 6.61 Å². The molecular weight excluding hydrogens is 460 g/mol. The van der Waals surface area contributed by atoms with Gasteiger partial charge in [0, 0.05) is 16.8 Å². The van der Waals surface area contributed by atoms with Crippen LogP contribution in [0.3, 0.4) is 0 Å². The number of nitrogens with zero attached hydrogens (tertiary/aromatic N) is 2. The molecule has 0 amide bonds. The predicted molar refractivity (Wildman–Crippen MR) is 115 cm³/mol. The minimum Gasteiger partial charge on any atom is -0.433 e. The van der Waals surface area contributed by atoms with Crippen LogP contribution < -0.4 is 15.4 Å². The van der Waals surface area contributed by atoms with Gasteiger partial charge in [0.1, 0.15) is 16.6 Å². The van der Waals surface area contributed by atoms with Crippen LogP contribution in [0.25, 0.3) is 0 Å². The summed E-state index contributed by atoms with van der Waals surface area (Å²) in [5.74, 6) is -0.322. The summed E-state index contributed by atoms with van der Waals surface area (Å²) in [6.07, 6.45) is 1.48. The summed E-state index contributed by atoms with van der Waals surface area (Å²) in [5.41, 5.74) is 1.25. The SMILES string of the molecule is Cc1ccc(NC(=S)Nc2nn(Cc3c(F)cccc3Cl)cc2Cl)c(OC(F)F)c1. The fraction of sp³-hybridized carbons (Fsp3) is 0.158. The van der Waals surface area contributed by atoms with Crippen molar-refractivity contribution in [2.45, 2.75) is 20.1 Å². The van der Waals surface area contributed by atoms with Crippen molar-refractivity contribution in [3.8, 4) is 5.75 Å². The van der Waals surface area contributed by atoms with Gasteiger partial charge in [-0.3, -0.25) is 4.68 Å². The number of rotatable bonds is 6. The van der Waals surface area contributed by atoms with Crippen molar-refractivity contribution < 1.29 is 17.9 Å². The largest absolute Gasteiger partial charge is 0.433 e. The van der Waals surface area contributed by atoms with E-state index >= 15 is 0 Å². The molecule has 3 rings (SSSR count). The van der Waals surface area contributed by atoms with Crippen LogP contribution in [0.1, 0.15) is 11.1 Å². The number of halogens is 5. The average molecular weight is 475 g/mol. The number of alkyl halides is 2. The molecule has 11 heteroatoms. The summed E-state index contributed by atoms with van der Waals surface area (Å²) >= 11 is 17.4. The van der Waals surface area contributed by atoms with Crippen LogP contribution in [0.15, 0.2) is 42.6 Å². The minimum absolute atomic E-state index is 0.0500. The van der Waals surface area contributed by atoms with Crippen LogP contribution in [-0.4, -0.2) is 21.5 Å². The van der Waals surface area contributed by atoms with Gasteiger partial charge in [-0.2, -0.15) is 13.9 Å². The number of benzene rings is 2. The summed E-state index contributed by atoms with van der Waals surface area (Å²) in [6, 6.07) is 9.10. The van der Waals surface area contributed by atoms with Gasteiger partial charge in [0.2, 0.25) is 0 Å². The smallest absolute Gasteiger partial charge is 0.387 e. The van der Waals surface area contributed by atoms with E-state index in [9.17, 15) is 13.2 Å². The van der Waals surface area contributed by atoms with E-state index in [4.69, 9.17) is 35.4 Å². The molecule has 158 valence electrons. The molecular formula is C19H15Cl2F3N4OS. The maximum atomic E-state index is 14.0. The Kier molecular flexibility index (Phi) is 7.06. The van der Waals surface area contributed by atoms with Crippen molar-refractivity contribution in [1.29, 1.82) is 0 Å². The van der Waals surface area contributed by atoms with Gasteiger partial charge in [-0.1, -0.05) is 35.3 Å². The van der Waals surface area contributed by atoms with Crippen LogP contribution in [0, 0.1) is 12.7 Å². The van der Waals surface area contributed by atoms with Gasteiger partial charge in [0.25, 0.3) is 0 Å². The van der Waals surface area contributed by atoms with Crippen molar-refractivity contribution in [2.24, 2.45) is 0 Å². The number of anilines is 2. The number of aromatic nitrogens is 2. The highest BCUT2D eigenvalue weighted by Gasteiger charge is 2.15. The average Bonchev–Trinajstić information content (AvgIpc) is 2.99. The van der Waals surface area contributed by atoms with Gasteiger partial charge in [0.15, 0.2) is 10.9 Å². The van der Waals surface area contributed by atoms with Crippen molar-refractivity contribution in [2.75, 3.05) is 10.6 Å². The minimum atomic E-state index is -2.98. The van der Waals surface area contributed by atoms with E-state index in [2.05, 4.69) is 20.5 Å². The summed E-state index contributed by atoms with van der Waals surface area (Å²) in [4.78, 5) is 0. The van der Waals surface area contributed by atoms with E-state index in [1.807, 2.05) is 0 Å². The Morgan fingerprint density at radius 1 is 1.20 bits per heavy atom. The van der Waals surface area contributed by atoms with E-state index in [0.717, 1.165) is 5.56 Å². The van der Waals surface area contributed by atoms with Crippen LogP contribution >= 0.6 is 35.4 Å². The Hall–Kier alpha value is -2.49. The molecule has 2 N–H and O–H groups in total. The molecule has 2 aromatic carbocycles. The fourth-order valence-electron chi connectivity index (χ4n) is 2.60. The zero-order valence-corrected chi connectivity index (χ0v) is 17.8. The molecule has 0 aliphatic rings. The van der Waals surface area contributed by atoms with Gasteiger partial charge in [-0.15, -0.1) is 0 Å². The predicted octanol–water partition coefficient (Wildman–Crippen LogP) is 6.10. The molecule has 0 aliphatic heterocycles. The maximum absolute atomic E-state index is 14.0. The fourth-order valence-corrected chi connectivity index (χ4v) is 3.22. The number of thiocarbonyl (C=S) groups is 1. The molecule has 0 aliphatic carbocycles. The zero-order chi connectivity index (χ0) is 21.8. The first kappa shape index (κ1) is 22.2. The molecule has 0 saturated carbocycles. The first-order chi connectivity index (χ1) is 14.2. The molecule has 1 aromatic heterocycles. The Labute approximate surface area is 185 Å². The summed E-state index contributed by atoms with van der Waals surface area (Å²) in [6.45, 7) is -1.19. The molecule has 3 aromatic rings. The third-order valence-electron chi connectivity index (χ3n) is 3.93.